The second-order valence-electron chi connectivity index (χ2n) is 7.31. The van der Waals surface area contributed by atoms with Crippen LogP contribution in [0.2, 0.25) is 0 Å². The van der Waals surface area contributed by atoms with Crippen LogP contribution in [0.1, 0.15) is 16.1 Å². The first-order chi connectivity index (χ1) is 14.7. The van der Waals surface area contributed by atoms with Crippen LogP contribution in [0.25, 0.3) is 22.0 Å². The van der Waals surface area contributed by atoms with E-state index in [1.165, 1.54) is 12.1 Å². The number of benzene rings is 2. The first-order valence-corrected chi connectivity index (χ1v) is 10.6. The number of nitrogens with zero attached hydrogens (tertiary/aromatic N) is 3. The molecule has 0 unspecified atom stereocenters. The van der Waals surface area contributed by atoms with Crippen molar-refractivity contribution in [2.24, 2.45) is 0 Å². The third-order valence-corrected chi connectivity index (χ3v) is 6.25. The fourth-order valence-corrected chi connectivity index (χ4v) is 4.64. The monoisotopic (exact) mass is 418 g/mol. The molecule has 0 saturated heterocycles. The third-order valence-electron chi connectivity index (χ3n) is 5.22. The molecule has 0 spiro atoms. The SMILES string of the molecule is O=c1[nH]c(-c2ccccc2)nc2c1CN(Cc1cnc(-c3ccc(F)cc3)s1)CC2. The Balaban J connectivity index is 1.33. The van der Waals surface area contributed by atoms with E-state index in [9.17, 15) is 9.18 Å². The van der Waals surface area contributed by atoms with Gasteiger partial charge >= 0.3 is 0 Å². The molecule has 150 valence electrons. The Morgan fingerprint density at radius 3 is 2.67 bits per heavy atom. The van der Waals surface area contributed by atoms with Crippen molar-refractivity contribution in [3.63, 3.8) is 0 Å². The van der Waals surface area contributed by atoms with Gasteiger partial charge in [0.1, 0.15) is 16.6 Å². The Morgan fingerprint density at radius 2 is 1.87 bits per heavy atom. The summed E-state index contributed by atoms with van der Waals surface area (Å²) >= 11 is 1.59. The standard InChI is InChI=1S/C23H19FN4OS/c24-17-8-6-16(7-9-17)23-25-12-18(30-23)13-28-11-10-20-19(14-28)22(29)27-21(26-20)15-4-2-1-3-5-15/h1-9,12H,10-11,13-14H2,(H,26,27,29). The van der Waals surface area contributed by atoms with Crippen LogP contribution in [0.15, 0.2) is 65.6 Å². The number of hydrogen-bond donors (Lipinski definition) is 1. The van der Waals surface area contributed by atoms with Crippen LogP contribution in [0.5, 0.6) is 0 Å². The zero-order chi connectivity index (χ0) is 20.5. The lowest BCUT2D eigenvalue weighted by molar-refractivity contribution is 0.244. The molecular formula is C23H19FN4OS. The summed E-state index contributed by atoms with van der Waals surface area (Å²) in [5.41, 5.74) is 3.37. The molecule has 2 aromatic carbocycles. The molecule has 2 aromatic heterocycles. The van der Waals surface area contributed by atoms with E-state index >= 15 is 0 Å². The quantitative estimate of drug-likeness (QED) is 0.538. The van der Waals surface area contributed by atoms with Gasteiger partial charge in [0.2, 0.25) is 0 Å². The van der Waals surface area contributed by atoms with Gasteiger partial charge in [-0.3, -0.25) is 9.69 Å². The summed E-state index contributed by atoms with van der Waals surface area (Å²) in [6.45, 7) is 2.12. The minimum absolute atomic E-state index is 0.0696. The van der Waals surface area contributed by atoms with Crippen LogP contribution in [0.4, 0.5) is 4.39 Å². The largest absolute Gasteiger partial charge is 0.306 e. The van der Waals surface area contributed by atoms with Gasteiger partial charge in [0, 0.05) is 48.3 Å². The van der Waals surface area contributed by atoms with E-state index in [1.807, 2.05) is 36.5 Å². The van der Waals surface area contributed by atoms with Gasteiger partial charge in [-0.1, -0.05) is 30.3 Å². The minimum atomic E-state index is -0.253. The van der Waals surface area contributed by atoms with Gasteiger partial charge in [-0.15, -0.1) is 11.3 Å². The minimum Gasteiger partial charge on any atom is -0.306 e. The molecule has 5 nitrogen and oxygen atoms in total. The van der Waals surface area contributed by atoms with Crippen molar-refractivity contribution >= 4 is 11.3 Å². The van der Waals surface area contributed by atoms with Gasteiger partial charge in [-0.05, 0) is 24.3 Å². The highest BCUT2D eigenvalue weighted by molar-refractivity contribution is 7.15. The summed E-state index contributed by atoms with van der Waals surface area (Å²) in [5.74, 6) is 0.371. The average Bonchev–Trinajstić information content (AvgIpc) is 3.23. The number of hydrogen-bond acceptors (Lipinski definition) is 5. The average molecular weight is 418 g/mol. The Morgan fingerprint density at radius 1 is 1.07 bits per heavy atom. The van der Waals surface area contributed by atoms with Gasteiger partial charge in [0.25, 0.3) is 5.56 Å². The molecule has 0 fully saturated rings. The second-order valence-corrected chi connectivity index (χ2v) is 8.42. The van der Waals surface area contributed by atoms with Crippen molar-refractivity contribution in [1.29, 1.82) is 0 Å². The molecule has 1 aliphatic rings. The maximum Gasteiger partial charge on any atom is 0.255 e. The van der Waals surface area contributed by atoms with E-state index in [1.54, 1.807) is 23.5 Å². The van der Waals surface area contributed by atoms with Crippen molar-refractivity contribution in [2.75, 3.05) is 6.54 Å². The molecule has 1 N–H and O–H groups in total. The summed E-state index contributed by atoms with van der Waals surface area (Å²) in [7, 11) is 0. The molecule has 0 bridgehead atoms. The highest BCUT2D eigenvalue weighted by atomic mass is 32.1. The summed E-state index contributed by atoms with van der Waals surface area (Å²) in [5, 5.41) is 0.870. The van der Waals surface area contributed by atoms with Crippen molar-refractivity contribution in [3.05, 3.63) is 93.1 Å². The Bertz CT molecular complexity index is 1230. The molecule has 4 aromatic rings. The predicted molar refractivity (Wildman–Crippen MR) is 116 cm³/mol. The van der Waals surface area contributed by atoms with Crippen molar-refractivity contribution < 1.29 is 4.39 Å². The third kappa shape index (κ3) is 3.81. The lowest BCUT2D eigenvalue weighted by atomic mass is 10.1. The van der Waals surface area contributed by atoms with Crippen molar-refractivity contribution in [3.8, 4) is 22.0 Å². The van der Waals surface area contributed by atoms with Crippen molar-refractivity contribution in [2.45, 2.75) is 19.5 Å². The molecule has 5 rings (SSSR count). The molecule has 0 aliphatic carbocycles. The number of aromatic amines is 1. The normalized spacial score (nSPS) is 13.9. The van der Waals surface area contributed by atoms with E-state index < -0.39 is 0 Å². The smallest absolute Gasteiger partial charge is 0.255 e. The maximum atomic E-state index is 13.1. The van der Waals surface area contributed by atoms with E-state index in [-0.39, 0.29) is 11.4 Å². The van der Waals surface area contributed by atoms with Crippen LogP contribution < -0.4 is 5.56 Å². The number of halogens is 1. The van der Waals surface area contributed by atoms with Crippen LogP contribution in [0.3, 0.4) is 0 Å². The Labute approximate surface area is 176 Å². The van der Waals surface area contributed by atoms with Crippen LogP contribution >= 0.6 is 11.3 Å². The number of rotatable bonds is 4. The second kappa shape index (κ2) is 7.93. The molecule has 0 amide bonds. The number of H-pyrrole nitrogens is 1. The molecular weight excluding hydrogens is 399 g/mol. The highest BCUT2D eigenvalue weighted by Gasteiger charge is 2.22. The van der Waals surface area contributed by atoms with Gasteiger partial charge in [-0.25, -0.2) is 14.4 Å². The first-order valence-electron chi connectivity index (χ1n) is 9.76. The zero-order valence-corrected chi connectivity index (χ0v) is 17.0. The Hall–Kier alpha value is -3.16. The van der Waals surface area contributed by atoms with E-state index in [0.29, 0.717) is 12.4 Å². The maximum absolute atomic E-state index is 13.1. The number of aromatic nitrogens is 3. The van der Waals surface area contributed by atoms with E-state index in [4.69, 9.17) is 4.98 Å². The van der Waals surface area contributed by atoms with Gasteiger partial charge in [0.05, 0.1) is 11.3 Å². The fourth-order valence-electron chi connectivity index (χ4n) is 3.68. The van der Waals surface area contributed by atoms with Crippen LogP contribution in [-0.4, -0.2) is 26.4 Å². The molecule has 3 heterocycles. The van der Waals surface area contributed by atoms with E-state index in [0.717, 1.165) is 51.8 Å². The fraction of sp³-hybridized carbons (Fsp3) is 0.174. The molecule has 0 saturated carbocycles. The van der Waals surface area contributed by atoms with Crippen LogP contribution in [-0.2, 0) is 19.5 Å². The number of thiazole rings is 1. The highest BCUT2D eigenvalue weighted by Crippen LogP contribution is 2.27. The summed E-state index contributed by atoms with van der Waals surface area (Å²) in [6, 6.07) is 16.1. The predicted octanol–water partition coefficient (Wildman–Crippen LogP) is 4.26. The molecule has 0 atom stereocenters. The summed E-state index contributed by atoms with van der Waals surface area (Å²) in [4.78, 5) is 28.2. The van der Waals surface area contributed by atoms with E-state index in [2.05, 4.69) is 14.9 Å². The van der Waals surface area contributed by atoms with Crippen molar-refractivity contribution in [1.82, 2.24) is 19.9 Å². The molecule has 7 heteroatoms. The van der Waals surface area contributed by atoms with Gasteiger partial charge in [0.15, 0.2) is 0 Å². The van der Waals surface area contributed by atoms with Crippen LogP contribution in [0, 0.1) is 5.82 Å². The molecule has 30 heavy (non-hydrogen) atoms. The number of nitrogens with one attached hydrogen (secondary N) is 1. The number of fused-ring (bicyclic) bond motifs is 1. The molecule has 0 radical (unpaired) electrons. The first kappa shape index (κ1) is 18.8. The summed E-state index contributed by atoms with van der Waals surface area (Å²) in [6.07, 6.45) is 2.60. The Kier molecular flexibility index (Phi) is 4.98. The van der Waals surface area contributed by atoms with Gasteiger partial charge in [-0.2, -0.15) is 0 Å². The molecule has 1 aliphatic heterocycles. The lowest BCUT2D eigenvalue weighted by Gasteiger charge is -2.27. The van der Waals surface area contributed by atoms with Gasteiger partial charge < -0.3 is 4.98 Å². The topological polar surface area (TPSA) is 61.9 Å². The zero-order valence-electron chi connectivity index (χ0n) is 16.1. The lowest BCUT2D eigenvalue weighted by Crippen LogP contribution is -2.35. The summed E-state index contributed by atoms with van der Waals surface area (Å²) < 4.78 is 13.1.